The molecule has 2 N–H and O–H groups in total. The second-order valence-corrected chi connectivity index (χ2v) is 3.80. The highest BCUT2D eigenvalue weighted by atomic mass is 35.5. The molecule has 0 atom stereocenters. The van der Waals surface area contributed by atoms with Crippen LogP contribution in [0.15, 0.2) is 18.2 Å². The molecule has 0 bridgehead atoms. The zero-order valence-electron chi connectivity index (χ0n) is 8.93. The summed E-state index contributed by atoms with van der Waals surface area (Å²) in [5.41, 5.74) is 2.03. The van der Waals surface area contributed by atoms with Gasteiger partial charge in [-0.1, -0.05) is 17.7 Å². The lowest BCUT2D eigenvalue weighted by Gasteiger charge is -2.09. The van der Waals surface area contributed by atoms with Gasteiger partial charge in [0.05, 0.1) is 10.7 Å². The van der Waals surface area contributed by atoms with Crippen LogP contribution in [0.1, 0.15) is 12.5 Å². The van der Waals surface area contributed by atoms with Crippen molar-refractivity contribution < 1.29 is 4.79 Å². The van der Waals surface area contributed by atoms with Crippen molar-refractivity contribution in [3.63, 3.8) is 0 Å². The molecule has 4 heteroatoms. The molecule has 0 aliphatic heterocycles. The Bertz CT molecular complexity index is 352. The number of carbonyl (C=O) groups excluding carboxylic acids is 1. The quantitative estimate of drug-likeness (QED) is 0.773. The summed E-state index contributed by atoms with van der Waals surface area (Å²) in [7, 11) is 0. The lowest BCUT2D eigenvalue weighted by atomic mass is 10.2. The van der Waals surface area contributed by atoms with E-state index in [-0.39, 0.29) is 5.91 Å². The number of carbonyl (C=O) groups is 1. The highest BCUT2D eigenvalue weighted by Crippen LogP contribution is 2.22. The summed E-state index contributed by atoms with van der Waals surface area (Å²) in [4.78, 5) is 10.6. The smallest absolute Gasteiger partial charge is 0.216 e. The van der Waals surface area contributed by atoms with Crippen LogP contribution in [0.4, 0.5) is 5.69 Å². The van der Waals surface area contributed by atoms with E-state index >= 15 is 0 Å². The Morgan fingerprint density at radius 3 is 2.73 bits per heavy atom. The Morgan fingerprint density at radius 2 is 2.13 bits per heavy atom. The van der Waals surface area contributed by atoms with Gasteiger partial charge in [-0.15, -0.1) is 0 Å². The Labute approximate surface area is 94.8 Å². The third kappa shape index (κ3) is 4.21. The number of benzene rings is 1. The van der Waals surface area contributed by atoms with E-state index in [1.54, 1.807) is 0 Å². The fourth-order valence-electron chi connectivity index (χ4n) is 1.20. The number of amides is 1. The number of hydrogen-bond acceptors (Lipinski definition) is 2. The van der Waals surface area contributed by atoms with Crippen LogP contribution in [-0.4, -0.2) is 19.0 Å². The minimum Gasteiger partial charge on any atom is -0.382 e. The predicted molar refractivity (Wildman–Crippen MR) is 63.4 cm³/mol. The van der Waals surface area contributed by atoms with E-state index in [0.29, 0.717) is 18.1 Å². The van der Waals surface area contributed by atoms with Crippen LogP contribution in [0.5, 0.6) is 0 Å². The molecular formula is C11H15ClN2O. The molecule has 1 aromatic carbocycles. The van der Waals surface area contributed by atoms with Gasteiger partial charge in [0, 0.05) is 20.0 Å². The second-order valence-electron chi connectivity index (χ2n) is 3.39. The highest BCUT2D eigenvalue weighted by molar-refractivity contribution is 6.33. The number of aryl methyl sites for hydroxylation is 1. The standard InChI is InChI=1S/C11H15ClN2O/c1-8-3-4-11(10(12)7-8)14-6-5-13-9(2)15/h3-4,7,14H,5-6H2,1-2H3,(H,13,15). The Balaban J connectivity index is 2.40. The van der Waals surface area contributed by atoms with E-state index in [0.717, 1.165) is 11.3 Å². The van der Waals surface area contributed by atoms with Crippen molar-refractivity contribution >= 4 is 23.2 Å². The number of rotatable bonds is 4. The Hall–Kier alpha value is -1.22. The number of anilines is 1. The molecule has 3 nitrogen and oxygen atoms in total. The van der Waals surface area contributed by atoms with Gasteiger partial charge in [-0.3, -0.25) is 4.79 Å². The van der Waals surface area contributed by atoms with Gasteiger partial charge >= 0.3 is 0 Å². The minimum absolute atomic E-state index is 0.0215. The molecule has 0 saturated carbocycles. The number of nitrogens with one attached hydrogen (secondary N) is 2. The maximum Gasteiger partial charge on any atom is 0.216 e. The van der Waals surface area contributed by atoms with Crippen LogP contribution < -0.4 is 10.6 Å². The number of hydrogen-bond donors (Lipinski definition) is 2. The fourth-order valence-corrected chi connectivity index (χ4v) is 1.50. The zero-order chi connectivity index (χ0) is 11.3. The van der Waals surface area contributed by atoms with Crippen LogP contribution >= 0.6 is 11.6 Å². The molecule has 0 saturated heterocycles. The van der Waals surface area contributed by atoms with E-state index in [4.69, 9.17) is 11.6 Å². The molecule has 0 aliphatic rings. The van der Waals surface area contributed by atoms with Crippen LogP contribution in [-0.2, 0) is 4.79 Å². The maximum atomic E-state index is 10.6. The van der Waals surface area contributed by atoms with Crippen LogP contribution in [0.2, 0.25) is 5.02 Å². The summed E-state index contributed by atoms with van der Waals surface area (Å²) in [6.45, 7) is 4.76. The summed E-state index contributed by atoms with van der Waals surface area (Å²) >= 11 is 6.02. The average Bonchev–Trinajstić information content (AvgIpc) is 2.14. The van der Waals surface area contributed by atoms with Gasteiger partial charge in [-0.05, 0) is 24.6 Å². The molecule has 1 rings (SSSR count). The van der Waals surface area contributed by atoms with E-state index in [9.17, 15) is 4.79 Å². The molecule has 0 aliphatic carbocycles. The van der Waals surface area contributed by atoms with Crippen molar-refractivity contribution in [3.8, 4) is 0 Å². The molecule has 0 fully saturated rings. The first-order chi connectivity index (χ1) is 7.09. The van der Waals surface area contributed by atoms with Gasteiger partial charge < -0.3 is 10.6 Å². The van der Waals surface area contributed by atoms with Crippen LogP contribution in [0, 0.1) is 6.92 Å². The molecule has 0 unspecified atom stereocenters. The molecule has 1 aromatic rings. The summed E-state index contributed by atoms with van der Waals surface area (Å²) < 4.78 is 0. The van der Waals surface area contributed by atoms with Gasteiger partial charge in [0.15, 0.2) is 0 Å². The van der Waals surface area contributed by atoms with E-state index in [2.05, 4.69) is 10.6 Å². The Morgan fingerprint density at radius 1 is 1.40 bits per heavy atom. The normalized spacial score (nSPS) is 9.80. The van der Waals surface area contributed by atoms with Gasteiger partial charge in [-0.25, -0.2) is 0 Å². The van der Waals surface area contributed by atoms with E-state index in [1.165, 1.54) is 6.92 Å². The van der Waals surface area contributed by atoms with Crippen molar-refractivity contribution in [1.29, 1.82) is 0 Å². The topological polar surface area (TPSA) is 41.1 Å². The molecule has 0 spiro atoms. The fraction of sp³-hybridized carbons (Fsp3) is 0.364. The molecule has 82 valence electrons. The van der Waals surface area contributed by atoms with E-state index in [1.807, 2.05) is 25.1 Å². The Kier molecular flexibility index (Phi) is 4.43. The van der Waals surface area contributed by atoms with Gasteiger partial charge in [0.25, 0.3) is 0 Å². The number of halogens is 1. The first-order valence-electron chi connectivity index (χ1n) is 4.84. The van der Waals surface area contributed by atoms with E-state index < -0.39 is 0 Å². The lowest BCUT2D eigenvalue weighted by molar-refractivity contribution is -0.118. The first kappa shape index (κ1) is 11.9. The molecule has 1 amide bonds. The first-order valence-corrected chi connectivity index (χ1v) is 5.22. The SMILES string of the molecule is CC(=O)NCCNc1ccc(C)cc1Cl. The molecule has 15 heavy (non-hydrogen) atoms. The monoisotopic (exact) mass is 226 g/mol. The van der Waals surface area contributed by atoms with Gasteiger partial charge in [0.1, 0.15) is 0 Å². The summed E-state index contributed by atoms with van der Waals surface area (Å²) in [5.74, 6) is -0.0215. The van der Waals surface area contributed by atoms with Gasteiger partial charge in [0.2, 0.25) is 5.91 Å². The predicted octanol–water partition coefficient (Wildman–Crippen LogP) is 2.20. The van der Waals surface area contributed by atoms with Crippen molar-refractivity contribution in [2.24, 2.45) is 0 Å². The van der Waals surface area contributed by atoms with Crippen LogP contribution in [0.25, 0.3) is 0 Å². The maximum absolute atomic E-state index is 10.6. The highest BCUT2D eigenvalue weighted by Gasteiger charge is 1.99. The summed E-state index contributed by atoms with van der Waals surface area (Å²) in [6.07, 6.45) is 0. The van der Waals surface area contributed by atoms with Crippen LogP contribution in [0.3, 0.4) is 0 Å². The average molecular weight is 227 g/mol. The molecule has 0 heterocycles. The third-order valence-electron chi connectivity index (χ3n) is 1.94. The van der Waals surface area contributed by atoms with Crippen molar-refractivity contribution in [2.75, 3.05) is 18.4 Å². The molecular weight excluding hydrogens is 212 g/mol. The lowest BCUT2D eigenvalue weighted by Crippen LogP contribution is -2.26. The van der Waals surface area contributed by atoms with Gasteiger partial charge in [-0.2, -0.15) is 0 Å². The second kappa shape index (κ2) is 5.61. The van der Waals surface area contributed by atoms with Crippen molar-refractivity contribution in [3.05, 3.63) is 28.8 Å². The zero-order valence-corrected chi connectivity index (χ0v) is 9.69. The third-order valence-corrected chi connectivity index (χ3v) is 2.25. The molecule has 0 radical (unpaired) electrons. The summed E-state index contributed by atoms with van der Waals surface area (Å²) in [5, 5.41) is 6.56. The summed E-state index contributed by atoms with van der Waals surface area (Å²) in [6, 6.07) is 5.83. The van der Waals surface area contributed by atoms with Crippen molar-refractivity contribution in [1.82, 2.24) is 5.32 Å². The largest absolute Gasteiger partial charge is 0.382 e. The minimum atomic E-state index is -0.0215. The molecule has 0 aromatic heterocycles. The van der Waals surface area contributed by atoms with Crippen molar-refractivity contribution in [2.45, 2.75) is 13.8 Å².